The minimum absolute atomic E-state index is 0.00843. The molecule has 1 amide bonds. The Bertz CT molecular complexity index is 1040. The van der Waals surface area contributed by atoms with Crippen LogP contribution in [0.1, 0.15) is 13.8 Å². The fourth-order valence-electron chi connectivity index (χ4n) is 3.31. The standard InChI is InChI=1S/C20H27N5O5S/c1-14(2)20(26)25-11-9-24(10-12-25)19-18(21-7-8-22-19)23-31(27,28)15-5-6-16(29-3)17(13-15)30-4/h5-8,13-14H,9-12H2,1-4H3,(H,21,23). The van der Waals surface area contributed by atoms with E-state index in [-0.39, 0.29) is 22.5 Å². The number of anilines is 2. The van der Waals surface area contributed by atoms with Gasteiger partial charge in [-0.25, -0.2) is 18.4 Å². The fraction of sp³-hybridized carbons (Fsp3) is 0.450. The highest BCUT2D eigenvalue weighted by Gasteiger charge is 2.27. The summed E-state index contributed by atoms with van der Waals surface area (Å²) in [6, 6.07) is 4.33. The summed E-state index contributed by atoms with van der Waals surface area (Å²) in [5.74, 6) is 1.32. The number of carbonyl (C=O) groups is 1. The van der Waals surface area contributed by atoms with E-state index in [0.29, 0.717) is 43.5 Å². The van der Waals surface area contributed by atoms with Crippen molar-refractivity contribution in [3.05, 3.63) is 30.6 Å². The average Bonchev–Trinajstić information content (AvgIpc) is 2.78. The van der Waals surface area contributed by atoms with E-state index < -0.39 is 10.0 Å². The molecule has 1 fully saturated rings. The largest absolute Gasteiger partial charge is 0.493 e. The lowest BCUT2D eigenvalue weighted by Gasteiger charge is -2.36. The number of nitrogens with zero attached hydrogens (tertiary/aromatic N) is 4. The summed E-state index contributed by atoms with van der Waals surface area (Å²) in [5, 5.41) is 0. The van der Waals surface area contributed by atoms with Gasteiger partial charge in [0.25, 0.3) is 10.0 Å². The van der Waals surface area contributed by atoms with Crippen LogP contribution in [-0.2, 0) is 14.8 Å². The molecule has 0 bridgehead atoms. The SMILES string of the molecule is COc1ccc(S(=O)(=O)Nc2nccnc2N2CCN(C(=O)C(C)C)CC2)cc1OC. The van der Waals surface area contributed by atoms with E-state index in [9.17, 15) is 13.2 Å². The van der Waals surface area contributed by atoms with Gasteiger partial charge in [0, 0.05) is 50.6 Å². The van der Waals surface area contributed by atoms with Crippen molar-refractivity contribution in [3.8, 4) is 11.5 Å². The molecule has 1 aliphatic heterocycles. The third-order valence-corrected chi connectivity index (χ3v) is 6.30. The molecular weight excluding hydrogens is 422 g/mol. The van der Waals surface area contributed by atoms with Crippen molar-refractivity contribution < 1.29 is 22.7 Å². The maximum absolute atomic E-state index is 13.0. The molecular formula is C20H27N5O5S. The molecule has 10 nitrogen and oxygen atoms in total. The molecule has 3 rings (SSSR count). The molecule has 1 aromatic heterocycles. The molecule has 31 heavy (non-hydrogen) atoms. The third-order valence-electron chi connectivity index (χ3n) is 4.96. The van der Waals surface area contributed by atoms with Crippen LogP contribution in [0.3, 0.4) is 0 Å². The lowest BCUT2D eigenvalue weighted by molar-refractivity contribution is -0.134. The van der Waals surface area contributed by atoms with Gasteiger partial charge in [-0.15, -0.1) is 0 Å². The molecule has 1 aromatic carbocycles. The molecule has 2 aromatic rings. The topological polar surface area (TPSA) is 114 Å². The van der Waals surface area contributed by atoms with E-state index in [1.165, 1.54) is 44.8 Å². The van der Waals surface area contributed by atoms with Gasteiger partial charge in [0.05, 0.1) is 19.1 Å². The summed E-state index contributed by atoms with van der Waals surface area (Å²) in [4.78, 5) is 24.5. The number of piperazine rings is 1. The Morgan fingerprint density at radius 2 is 1.68 bits per heavy atom. The Morgan fingerprint density at radius 1 is 1.03 bits per heavy atom. The predicted molar refractivity (Wildman–Crippen MR) is 116 cm³/mol. The Kier molecular flexibility index (Phi) is 6.84. The lowest BCUT2D eigenvalue weighted by atomic mass is 10.1. The van der Waals surface area contributed by atoms with Crippen LogP contribution >= 0.6 is 0 Å². The van der Waals surface area contributed by atoms with Crippen molar-refractivity contribution >= 4 is 27.6 Å². The zero-order valence-electron chi connectivity index (χ0n) is 18.0. The second kappa shape index (κ2) is 9.38. The Morgan fingerprint density at radius 3 is 2.29 bits per heavy atom. The Balaban J connectivity index is 1.80. The van der Waals surface area contributed by atoms with E-state index in [4.69, 9.17) is 9.47 Å². The van der Waals surface area contributed by atoms with Crippen LogP contribution in [0.25, 0.3) is 0 Å². The molecule has 0 aliphatic carbocycles. The van der Waals surface area contributed by atoms with E-state index in [0.717, 1.165) is 0 Å². The van der Waals surface area contributed by atoms with Gasteiger partial charge < -0.3 is 19.3 Å². The molecule has 0 saturated carbocycles. The molecule has 1 N–H and O–H groups in total. The van der Waals surface area contributed by atoms with Gasteiger partial charge in [0.1, 0.15) is 0 Å². The number of methoxy groups -OCH3 is 2. The fourth-order valence-corrected chi connectivity index (χ4v) is 4.33. The summed E-state index contributed by atoms with van der Waals surface area (Å²) in [5.41, 5.74) is 0. The van der Waals surface area contributed by atoms with Crippen LogP contribution < -0.4 is 19.1 Å². The number of hydrogen-bond donors (Lipinski definition) is 1. The quantitative estimate of drug-likeness (QED) is 0.678. The predicted octanol–water partition coefficient (Wildman–Crippen LogP) is 1.60. The van der Waals surface area contributed by atoms with E-state index in [2.05, 4.69) is 14.7 Å². The van der Waals surface area contributed by atoms with Gasteiger partial charge in [-0.3, -0.25) is 9.52 Å². The molecule has 0 atom stereocenters. The smallest absolute Gasteiger partial charge is 0.263 e. The number of carbonyl (C=O) groups excluding carboxylic acids is 1. The first-order valence-electron chi connectivity index (χ1n) is 9.86. The molecule has 11 heteroatoms. The van der Waals surface area contributed by atoms with Gasteiger partial charge in [-0.05, 0) is 12.1 Å². The van der Waals surface area contributed by atoms with Crippen LogP contribution in [0.2, 0.25) is 0 Å². The van der Waals surface area contributed by atoms with Gasteiger partial charge >= 0.3 is 0 Å². The Hall–Kier alpha value is -3.08. The van der Waals surface area contributed by atoms with Gasteiger partial charge in [-0.1, -0.05) is 13.8 Å². The summed E-state index contributed by atoms with van der Waals surface area (Å²) in [6.07, 6.45) is 2.93. The summed E-state index contributed by atoms with van der Waals surface area (Å²) >= 11 is 0. The van der Waals surface area contributed by atoms with Gasteiger partial charge in [0.2, 0.25) is 5.91 Å². The summed E-state index contributed by atoms with van der Waals surface area (Å²) in [7, 11) is -1.03. The normalized spacial score (nSPS) is 14.5. The second-order valence-corrected chi connectivity index (χ2v) is 9.00. The molecule has 1 saturated heterocycles. The zero-order valence-corrected chi connectivity index (χ0v) is 18.8. The molecule has 2 heterocycles. The maximum atomic E-state index is 13.0. The first-order chi connectivity index (χ1) is 14.8. The van der Waals surface area contributed by atoms with Crippen molar-refractivity contribution in [1.29, 1.82) is 0 Å². The maximum Gasteiger partial charge on any atom is 0.263 e. The van der Waals surface area contributed by atoms with Crippen molar-refractivity contribution in [2.45, 2.75) is 18.7 Å². The lowest BCUT2D eigenvalue weighted by Crippen LogP contribution is -2.50. The number of hydrogen-bond acceptors (Lipinski definition) is 8. The van der Waals surface area contributed by atoms with Crippen LogP contribution in [0.5, 0.6) is 11.5 Å². The molecule has 0 unspecified atom stereocenters. The van der Waals surface area contributed by atoms with Crippen molar-refractivity contribution in [2.24, 2.45) is 5.92 Å². The molecule has 0 spiro atoms. The number of aromatic nitrogens is 2. The molecule has 0 radical (unpaired) electrons. The summed E-state index contributed by atoms with van der Waals surface area (Å²) < 4.78 is 38.8. The van der Waals surface area contributed by atoms with Crippen LogP contribution in [0, 0.1) is 5.92 Å². The first kappa shape index (κ1) is 22.6. The Labute approximate surface area is 182 Å². The number of nitrogens with one attached hydrogen (secondary N) is 1. The molecule has 1 aliphatic rings. The highest BCUT2D eigenvalue weighted by molar-refractivity contribution is 7.92. The number of ether oxygens (including phenoxy) is 2. The number of rotatable bonds is 7. The highest BCUT2D eigenvalue weighted by Crippen LogP contribution is 2.31. The van der Waals surface area contributed by atoms with Crippen LogP contribution in [-0.4, -0.2) is 69.6 Å². The van der Waals surface area contributed by atoms with Gasteiger partial charge in [0.15, 0.2) is 23.1 Å². The summed E-state index contributed by atoms with van der Waals surface area (Å²) in [6.45, 7) is 5.88. The minimum Gasteiger partial charge on any atom is -0.493 e. The highest BCUT2D eigenvalue weighted by atomic mass is 32.2. The van der Waals surface area contributed by atoms with Crippen molar-refractivity contribution in [3.63, 3.8) is 0 Å². The van der Waals surface area contributed by atoms with Crippen LogP contribution in [0.4, 0.5) is 11.6 Å². The number of amides is 1. The van der Waals surface area contributed by atoms with E-state index >= 15 is 0 Å². The van der Waals surface area contributed by atoms with Gasteiger partial charge in [-0.2, -0.15) is 0 Å². The zero-order chi connectivity index (χ0) is 22.6. The third kappa shape index (κ3) is 4.98. The van der Waals surface area contributed by atoms with E-state index in [1.807, 2.05) is 23.6 Å². The minimum atomic E-state index is -3.95. The molecule has 168 valence electrons. The number of benzene rings is 1. The van der Waals surface area contributed by atoms with Crippen LogP contribution in [0.15, 0.2) is 35.5 Å². The second-order valence-electron chi connectivity index (χ2n) is 7.32. The van der Waals surface area contributed by atoms with Crippen molar-refractivity contribution in [1.82, 2.24) is 14.9 Å². The van der Waals surface area contributed by atoms with E-state index in [1.54, 1.807) is 0 Å². The average molecular weight is 450 g/mol. The monoisotopic (exact) mass is 449 g/mol. The first-order valence-corrected chi connectivity index (χ1v) is 11.3. The van der Waals surface area contributed by atoms with Crippen molar-refractivity contribution in [2.75, 3.05) is 50.0 Å². The number of sulfonamides is 1.